The molecule has 1 heterocycles. The van der Waals surface area contributed by atoms with Crippen LogP contribution in [-0.2, 0) is 4.79 Å². The number of anilines is 1. The SMILES string of the molecule is Cc1ccc[n+]([C@@H](C)C(=O)Nc2cccc(C#N)c2)c1C. The molecule has 1 atom stereocenters. The molecule has 0 spiro atoms. The molecular formula is C17H18N3O+. The Hall–Kier alpha value is -2.67. The lowest BCUT2D eigenvalue weighted by Crippen LogP contribution is -2.47. The Morgan fingerprint density at radius 1 is 1.29 bits per heavy atom. The third kappa shape index (κ3) is 3.26. The molecule has 0 fully saturated rings. The van der Waals surface area contributed by atoms with Crippen molar-refractivity contribution in [3.8, 4) is 6.07 Å². The summed E-state index contributed by atoms with van der Waals surface area (Å²) in [5.74, 6) is -0.108. The van der Waals surface area contributed by atoms with Crippen LogP contribution in [0.1, 0.15) is 29.8 Å². The number of rotatable bonds is 3. The maximum Gasteiger partial charge on any atom is 0.293 e. The van der Waals surface area contributed by atoms with Crippen molar-refractivity contribution in [3.63, 3.8) is 0 Å². The molecule has 1 amide bonds. The van der Waals surface area contributed by atoms with Crippen LogP contribution in [0.2, 0.25) is 0 Å². The lowest BCUT2D eigenvalue weighted by atomic mass is 10.2. The second-order valence-electron chi connectivity index (χ2n) is 5.04. The highest BCUT2D eigenvalue weighted by molar-refractivity contribution is 5.92. The average Bonchev–Trinajstić information content (AvgIpc) is 2.49. The number of nitrogens with one attached hydrogen (secondary N) is 1. The molecule has 0 saturated heterocycles. The summed E-state index contributed by atoms with van der Waals surface area (Å²) in [6.07, 6.45) is 1.90. The van der Waals surface area contributed by atoms with Crippen LogP contribution in [0.5, 0.6) is 0 Å². The number of aryl methyl sites for hydroxylation is 1. The summed E-state index contributed by atoms with van der Waals surface area (Å²) in [6, 6.07) is 12.6. The topological polar surface area (TPSA) is 56.8 Å². The molecule has 106 valence electrons. The van der Waals surface area contributed by atoms with Gasteiger partial charge in [-0.05, 0) is 31.2 Å². The number of hydrogen-bond acceptors (Lipinski definition) is 2. The number of aromatic nitrogens is 1. The third-order valence-electron chi connectivity index (χ3n) is 3.61. The van der Waals surface area contributed by atoms with Crippen molar-refractivity contribution in [2.75, 3.05) is 5.32 Å². The number of nitrogens with zero attached hydrogens (tertiary/aromatic N) is 2. The number of benzene rings is 1. The standard InChI is InChI=1S/C17H17N3O/c1-12-6-5-9-20(13(12)2)14(3)17(21)19-16-8-4-7-15(10-16)11-18/h4-10,14H,1-3H3/p+1/t14-/m0/s1. The van der Waals surface area contributed by atoms with E-state index in [1.165, 1.54) is 0 Å². The number of nitriles is 1. The van der Waals surface area contributed by atoms with Crippen LogP contribution in [0.4, 0.5) is 5.69 Å². The fourth-order valence-electron chi connectivity index (χ4n) is 2.18. The second kappa shape index (κ2) is 6.19. The van der Waals surface area contributed by atoms with Crippen LogP contribution in [0, 0.1) is 25.2 Å². The van der Waals surface area contributed by atoms with Gasteiger partial charge in [0.15, 0.2) is 11.9 Å². The number of carbonyl (C=O) groups excluding carboxylic acids is 1. The lowest BCUT2D eigenvalue weighted by Gasteiger charge is -2.11. The van der Waals surface area contributed by atoms with Gasteiger partial charge in [0.1, 0.15) is 0 Å². The molecule has 21 heavy (non-hydrogen) atoms. The van der Waals surface area contributed by atoms with Gasteiger partial charge in [-0.25, -0.2) is 0 Å². The van der Waals surface area contributed by atoms with E-state index in [9.17, 15) is 4.79 Å². The molecule has 4 nitrogen and oxygen atoms in total. The predicted octanol–water partition coefficient (Wildman–Crippen LogP) is 2.66. The highest BCUT2D eigenvalue weighted by Gasteiger charge is 2.24. The molecule has 0 saturated carbocycles. The fourth-order valence-corrected chi connectivity index (χ4v) is 2.18. The van der Waals surface area contributed by atoms with Crippen LogP contribution in [-0.4, -0.2) is 5.91 Å². The van der Waals surface area contributed by atoms with Crippen LogP contribution >= 0.6 is 0 Å². The zero-order valence-corrected chi connectivity index (χ0v) is 12.4. The van der Waals surface area contributed by atoms with E-state index in [4.69, 9.17) is 5.26 Å². The molecule has 0 radical (unpaired) electrons. The van der Waals surface area contributed by atoms with Crippen LogP contribution < -0.4 is 9.88 Å². The van der Waals surface area contributed by atoms with Crippen molar-refractivity contribution >= 4 is 11.6 Å². The molecule has 1 aromatic carbocycles. The largest absolute Gasteiger partial charge is 0.320 e. The molecule has 1 N–H and O–H groups in total. The molecule has 4 heteroatoms. The van der Waals surface area contributed by atoms with E-state index in [-0.39, 0.29) is 11.9 Å². The Bertz CT molecular complexity index is 716. The Balaban J connectivity index is 2.20. The summed E-state index contributed by atoms with van der Waals surface area (Å²) in [5, 5.41) is 11.7. The molecule has 2 rings (SSSR count). The van der Waals surface area contributed by atoms with Gasteiger partial charge in [0.25, 0.3) is 5.91 Å². The number of pyridine rings is 1. The molecular weight excluding hydrogens is 262 g/mol. The Labute approximate surface area is 124 Å². The highest BCUT2D eigenvalue weighted by atomic mass is 16.2. The molecule has 0 bridgehead atoms. The summed E-state index contributed by atoms with van der Waals surface area (Å²) in [4.78, 5) is 12.4. The smallest absolute Gasteiger partial charge is 0.293 e. The molecule has 0 aliphatic rings. The van der Waals surface area contributed by atoms with Crippen LogP contribution in [0.15, 0.2) is 42.6 Å². The quantitative estimate of drug-likeness (QED) is 0.879. The molecule has 1 aromatic heterocycles. The fraction of sp³-hybridized carbons (Fsp3) is 0.235. The van der Waals surface area contributed by atoms with E-state index >= 15 is 0 Å². The number of hydrogen-bond donors (Lipinski definition) is 1. The molecule has 2 aromatic rings. The minimum Gasteiger partial charge on any atom is -0.320 e. The van der Waals surface area contributed by atoms with E-state index in [0.29, 0.717) is 11.3 Å². The minimum absolute atomic E-state index is 0.108. The number of carbonyl (C=O) groups is 1. The van der Waals surface area contributed by atoms with Crippen molar-refractivity contribution in [2.24, 2.45) is 0 Å². The highest BCUT2D eigenvalue weighted by Crippen LogP contribution is 2.12. The Morgan fingerprint density at radius 3 is 2.76 bits per heavy atom. The van der Waals surface area contributed by atoms with Gasteiger partial charge in [0.2, 0.25) is 6.04 Å². The predicted molar refractivity (Wildman–Crippen MR) is 80.6 cm³/mol. The van der Waals surface area contributed by atoms with Gasteiger partial charge >= 0.3 is 0 Å². The van der Waals surface area contributed by atoms with E-state index in [1.807, 2.05) is 43.7 Å². The van der Waals surface area contributed by atoms with Gasteiger partial charge in [0, 0.05) is 31.2 Å². The minimum atomic E-state index is -0.323. The summed E-state index contributed by atoms with van der Waals surface area (Å²) in [6.45, 7) is 5.87. The van der Waals surface area contributed by atoms with Crippen molar-refractivity contribution in [1.82, 2.24) is 0 Å². The van der Waals surface area contributed by atoms with E-state index in [0.717, 1.165) is 11.3 Å². The average molecular weight is 280 g/mol. The Morgan fingerprint density at radius 2 is 2.05 bits per heavy atom. The van der Waals surface area contributed by atoms with Crippen LogP contribution in [0.3, 0.4) is 0 Å². The number of amides is 1. The Kier molecular flexibility index (Phi) is 4.34. The maximum atomic E-state index is 12.4. The van der Waals surface area contributed by atoms with Gasteiger partial charge in [0.05, 0.1) is 11.6 Å². The lowest BCUT2D eigenvalue weighted by molar-refractivity contribution is -0.711. The van der Waals surface area contributed by atoms with Crippen molar-refractivity contribution < 1.29 is 9.36 Å². The van der Waals surface area contributed by atoms with Crippen molar-refractivity contribution in [3.05, 3.63) is 59.4 Å². The van der Waals surface area contributed by atoms with Gasteiger partial charge in [-0.3, -0.25) is 4.79 Å². The first kappa shape index (κ1) is 14.7. The second-order valence-corrected chi connectivity index (χ2v) is 5.04. The molecule has 0 aliphatic carbocycles. The van der Waals surface area contributed by atoms with Crippen molar-refractivity contribution in [2.45, 2.75) is 26.8 Å². The molecule has 0 unspecified atom stereocenters. The maximum absolute atomic E-state index is 12.4. The normalized spacial score (nSPS) is 11.5. The zero-order chi connectivity index (χ0) is 15.4. The first-order valence-corrected chi connectivity index (χ1v) is 6.81. The van der Waals surface area contributed by atoms with Gasteiger partial charge < -0.3 is 5.32 Å². The van der Waals surface area contributed by atoms with Crippen molar-refractivity contribution in [1.29, 1.82) is 5.26 Å². The first-order chi connectivity index (χ1) is 10.0. The zero-order valence-electron chi connectivity index (χ0n) is 12.4. The third-order valence-corrected chi connectivity index (χ3v) is 3.61. The van der Waals surface area contributed by atoms with E-state index in [1.54, 1.807) is 24.3 Å². The summed E-state index contributed by atoms with van der Waals surface area (Å²) < 4.78 is 1.94. The summed E-state index contributed by atoms with van der Waals surface area (Å²) in [7, 11) is 0. The van der Waals surface area contributed by atoms with Gasteiger partial charge in [-0.2, -0.15) is 9.83 Å². The van der Waals surface area contributed by atoms with E-state index in [2.05, 4.69) is 11.4 Å². The summed E-state index contributed by atoms with van der Waals surface area (Å²) in [5.41, 5.74) is 3.37. The first-order valence-electron chi connectivity index (χ1n) is 6.81. The molecule has 0 aliphatic heterocycles. The van der Waals surface area contributed by atoms with Gasteiger partial charge in [-0.1, -0.05) is 6.07 Å². The van der Waals surface area contributed by atoms with Gasteiger partial charge in [-0.15, -0.1) is 0 Å². The van der Waals surface area contributed by atoms with Crippen LogP contribution in [0.25, 0.3) is 0 Å². The monoisotopic (exact) mass is 280 g/mol. The van der Waals surface area contributed by atoms with E-state index < -0.39 is 0 Å². The summed E-state index contributed by atoms with van der Waals surface area (Å²) >= 11 is 0.